The van der Waals surface area contributed by atoms with Gasteiger partial charge >= 0.3 is 6.09 Å². The maximum absolute atomic E-state index is 13.9. The second-order valence-electron chi connectivity index (χ2n) is 8.63. The van der Waals surface area contributed by atoms with Crippen molar-refractivity contribution < 1.29 is 23.1 Å². The van der Waals surface area contributed by atoms with Crippen LogP contribution in [0.2, 0.25) is 5.02 Å². The maximum Gasteiger partial charge on any atom is 0.407 e. The summed E-state index contributed by atoms with van der Waals surface area (Å²) in [7, 11) is 0. The Balaban J connectivity index is 1.78. The van der Waals surface area contributed by atoms with E-state index in [0.29, 0.717) is 5.56 Å². The minimum absolute atomic E-state index is 0.123. The summed E-state index contributed by atoms with van der Waals surface area (Å²) in [5.41, 5.74) is 2.07. The number of hydrogen-bond acceptors (Lipinski definition) is 3. The van der Waals surface area contributed by atoms with E-state index in [0.717, 1.165) is 23.3 Å². The van der Waals surface area contributed by atoms with Crippen LogP contribution in [0.3, 0.4) is 0 Å². The summed E-state index contributed by atoms with van der Waals surface area (Å²) >= 11 is 6.26. The number of hydrogen-bond donors (Lipinski definition) is 2. The molecule has 0 aliphatic carbocycles. The van der Waals surface area contributed by atoms with Gasteiger partial charge in [-0.25, -0.2) is 13.6 Å². The molecular formula is C26H25ClF2N2O3. The standard InChI is InChI=1S/C26H25ClF2N2O3/c1-26(2,3)34-25(33)31-14-17-6-4-5-7-20(17)16-9-11-22(27)21(12-16)24(32)30-15-18-8-10-19(28)13-23(18)29/h4-13H,14-15H2,1-3H3,(H,30,32)(H,31,33). The highest BCUT2D eigenvalue weighted by molar-refractivity contribution is 6.34. The highest BCUT2D eigenvalue weighted by Crippen LogP contribution is 2.28. The summed E-state index contributed by atoms with van der Waals surface area (Å²) < 4.78 is 32.3. The molecule has 34 heavy (non-hydrogen) atoms. The molecule has 0 radical (unpaired) electrons. The SMILES string of the molecule is CC(C)(C)OC(=O)NCc1ccccc1-c1ccc(Cl)c(C(=O)NCc2ccc(F)cc2F)c1. The Morgan fingerprint density at radius 3 is 2.32 bits per heavy atom. The van der Waals surface area contributed by atoms with Crippen molar-refractivity contribution >= 4 is 23.6 Å². The summed E-state index contributed by atoms with van der Waals surface area (Å²) in [5.74, 6) is -1.94. The van der Waals surface area contributed by atoms with Gasteiger partial charge in [-0.1, -0.05) is 48.0 Å². The van der Waals surface area contributed by atoms with E-state index in [1.807, 2.05) is 24.3 Å². The van der Waals surface area contributed by atoms with E-state index in [1.165, 1.54) is 6.07 Å². The van der Waals surface area contributed by atoms with Crippen LogP contribution in [0.5, 0.6) is 0 Å². The molecule has 0 fully saturated rings. The monoisotopic (exact) mass is 486 g/mol. The Labute approximate surface area is 202 Å². The third-order valence-corrected chi connectivity index (χ3v) is 5.15. The van der Waals surface area contributed by atoms with Crippen LogP contribution in [0.4, 0.5) is 13.6 Å². The Morgan fingerprint density at radius 2 is 1.62 bits per heavy atom. The van der Waals surface area contributed by atoms with Crippen molar-refractivity contribution in [1.82, 2.24) is 10.6 Å². The average molecular weight is 487 g/mol. The number of halogens is 3. The predicted octanol–water partition coefficient (Wildman–Crippen LogP) is 6.24. The van der Waals surface area contributed by atoms with Gasteiger partial charge in [0, 0.05) is 24.7 Å². The fourth-order valence-electron chi connectivity index (χ4n) is 3.24. The largest absolute Gasteiger partial charge is 0.444 e. The van der Waals surface area contributed by atoms with Crippen molar-refractivity contribution in [2.24, 2.45) is 0 Å². The van der Waals surface area contributed by atoms with E-state index in [1.54, 1.807) is 39.0 Å². The minimum Gasteiger partial charge on any atom is -0.444 e. The quantitative estimate of drug-likeness (QED) is 0.433. The number of nitrogens with one attached hydrogen (secondary N) is 2. The van der Waals surface area contributed by atoms with Crippen molar-refractivity contribution in [2.45, 2.75) is 39.5 Å². The molecule has 3 rings (SSSR count). The smallest absolute Gasteiger partial charge is 0.407 e. The molecule has 2 N–H and O–H groups in total. The van der Waals surface area contributed by atoms with E-state index in [2.05, 4.69) is 10.6 Å². The molecule has 0 aliphatic rings. The number of carbonyl (C=O) groups is 2. The second-order valence-corrected chi connectivity index (χ2v) is 9.03. The van der Waals surface area contributed by atoms with Crippen LogP contribution in [0.25, 0.3) is 11.1 Å². The van der Waals surface area contributed by atoms with E-state index in [-0.39, 0.29) is 29.2 Å². The first-order valence-corrected chi connectivity index (χ1v) is 11.0. The van der Waals surface area contributed by atoms with Crippen LogP contribution in [-0.4, -0.2) is 17.6 Å². The zero-order valence-electron chi connectivity index (χ0n) is 19.0. The van der Waals surface area contributed by atoms with Crippen LogP contribution < -0.4 is 10.6 Å². The topological polar surface area (TPSA) is 67.4 Å². The molecule has 0 aromatic heterocycles. The Bertz CT molecular complexity index is 1210. The summed E-state index contributed by atoms with van der Waals surface area (Å²) in [6.07, 6.45) is -0.536. The zero-order valence-corrected chi connectivity index (χ0v) is 19.8. The fraction of sp³-hybridized carbons (Fsp3) is 0.231. The fourth-order valence-corrected chi connectivity index (χ4v) is 3.44. The lowest BCUT2D eigenvalue weighted by atomic mass is 9.97. The van der Waals surface area contributed by atoms with Crippen LogP contribution in [0.15, 0.2) is 60.7 Å². The van der Waals surface area contributed by atoms with Crippen molar-refractivity contribution in [2.75, 3.05) is 0 Å². The molecule has 0 bridgehead atoms. The molecule has 2 amide bonds. The molecule has 5 nitrogen and oxygen atoms in total. The molecule has 0 unspecified atom stereocenters. The van der Waals surface area contributed by atoms with Gasteiger partial charge in [-0.2, -0.15) is 0 Å². The molecule has 0 atom stereocenters. The zero-order chi connectivity index (χ0) is 24.9. The van der Waals surface area contributed by atoms with Crippen molar-refractivity contribution in [3.05, 3.63) is 94.0 Å². The van der Waals surface area contributed by atoms with Gasteiger partial charge in [0.2, 0.25) is 0 Å². The molecule has 3 aromatic carbocycles. The van der Waals surface area contributed by atoms with Gasteiger partial charge in [0.25, 0.3) is 5.91 Å². The molecule has 0 aliphatic heterocycles. The first-order chi connectivity index (χ1) is 16.0. The number of benzene rings is 3. The van der Waals surface area contributed by atoms with E-state index in [9.17, 15) is 18.4 Å². The van der Waals surface area contributed by atoms with E-state index >= 15 is 0 Å². The number of rotatable bonds is 6. The first-order valence-electron chi connectivity index (χ1n) is 10.6. The average Bonchev–Trinajstić information content (AvgIpc) is 2.76. The van der Waals surface area contributed by atoms with Gasteiger partial charge in [0.05, 0.1) is 10.6 Å². The third kappa shape index (κ3) is 6.78. The number of amides is 2. The van der Waals surface area contributed by atoms with Crippen molar-refractivity contribution in [3.8, 4) is 11.1 Å². The molecule has 0 saturated carbocycles. The van der Waals surface area contributed by atoms with Gasteiger partial charge in [0.1, 0.15) is 17.2 Å². The molecule has 178 valence electrons. The van der Waals surface area contributed by atoms with Crippen molar-refractivity contribution in [1.29, 1.82) is 0 Å². The number of ether oxygens (including phenoxy) is 1. The number of alkyl carbamates (subject to hydrolysis) is 1. The highest BCUT2D eigenvalue weighted by Gasteiger charge is 2.17. The lowest BCUT2D eigenvalue weighted by molar-refractivity contribution is 0.0523. The van der Waals surface area contributed by atoms with Crippen LogP contribution in [0, 0.1) is 11.6 Å². The van der Waals surface area contributed by atoms with Gasteiger partial charge in [-0.3, -0.25) is 4.79 Å². The normalized spacial score (nSPS) is 11.1. The van der Waals surface area contributed by atoms with Gasteiger partial charge < -0.3 is 15.4 Å². The minimum atomic E-state index is -0.744. The molecule has 8 heteroatoms. The maximum atomic E-state index is 13.9. The summed E-state index contributed by atoms with van der Waals surface area (Å²) in [4.78, 5) is 24.8. The molecule has 3 aromatic rings. The van der Waals surface area contributed by atoms with Crippen LogP contribution >= 0.6 is 11.6 Å². The van der Waals surface area contributed by atoms with E-state index in [4.69, 9.17) is 16.3 Å². The van der Waals surface area contributed by atoms with Crippen LogP contribution in [-0.2, 0) is 17.8 Å². The van der Waals surface area contributed by atoms with Gasteiger partial charge in [-0.05, 0) is 55.7 Å². The molecule has 0 heterocycles. The summed E-state index contributed by atoms with van der Waals surface area (Å²) in [6, 6.07) is 15.6. The van der Waals surface area contributed by atoms with Crippen molar-refractivity contribution in [3.63, 3.8) is 0 Å². The van der Waals surface area contributed by atoms with Gasteiger partial charge in [0.15, 0.2) is 0 Å². The third-order valence-electron chi connectivity index (χ3n) is 4.82. The lowest BCUT2D eigenvalue weighted by Crippen LogP contribution is -2.32. The molecular weight excluding hydrogens is 462 g/mol. The Hall–Kier alpha value is -3.45. The van der Waals surface area contributed by atoms with Crippen LogP contribution in [0.1, 0.15) is 42.3 Å². The highest BCUT2D eigenvalue weighted by atomic mass is 35.5. The summed E-state index contributed by atoms with van der Waals surface area (Å²) in [6.45, 7) is 5.45. The lowest BCUT2D eigenvalue weighted by Gasteiger charge is -2.20. The molecule has 0 spiro atoms. The number of carbonyl (C=O) groups excluding carboxylic acids is 2. The van der Waals surface area contributed by atoms with E-state index < -0.39 is 29.2 Å². The Kier molecular flexibility index (Phi) is 7.89. The second kappa shape index (κ2) is 10.7. The Morgan fingerprint density at radius 1 is 0.912 bits per heavy atom. The predicted molar refractivity (Wildman–Crippen MR) is 127 cm³/mol. The van der Waals surface area contributed by atoms with Gasteiger partial charge in [-0.15, -0.1) is 0 Å². The summed E-state index contributed by atoms with van der Waals surface area (Å²) in [5, 5.41) is 5.57. The first kappa shape index (κ1) is 25.2. The molecule has 0 saturated heterocycles.